The molecule has 0 radical (unpaired) electrons. The van der Waals surface area contributed by atoms with E-state index in [0.717, 1.165) is 11.5 Å². The summed E-state index contributed by atoms with van der Waals surface area (Å²) in [5.74, 6) is 2.78. The Hall–Kier alpha value is -0.700. The molecular formula is C8H12N2S. The number of hydrogen-bond donors (Lipinski definition) is 1. The Morgan fingerprint density at radius 3 is 3.09 bits per heavy atom. The zero-order valence-electron chi connectivity index (χ0n) is 6.58. The third kappa shape index (κ3) is 2.80. The molecular weight excluding hydrogens is 156 g/mol. The topological polar surface area (TPSA) is 38.9 Å². The number of aromatic nitrogens is 1. The van der Waals surface area contributed by atoms with Gasteiger partial charge in [-0.2, -0.15) is 11.8 Å². The van der Waals surface area contributed by atoms with E-state index < -0.39 is 0 Å². The van der Waals surface area contributed by atoms with Crippen molar-refractivity contribution in [2.45, 2.75) is 12.7 Å². The van der Waals surface area contributed by atoms with E-state index in [4.69, 9.17) is 5.73 Å². The molecule has 0 aliphatic carbocycles. The Bertz CT molecular complexity index is 225. The number of thioether (sulfide) groups is 1. The minimum absolute atomic E-state index is 0.610. The van der Waals surface area contributed by atoms with Gasteiger partial charge in [0.2, 0.25) is 0 Å². The second-order valence-electron chi connectivity index (χ2n) is 2.23. The molecule has 3 heteroatoms. The van der Waals surface area contributed by atoms with E-state index in [1.165, 1.54) is 5.56 Å². The van der Waals surface area contributed by atoms with E-state index in [1.807, 2.05) is 23.9 Å². The van der Waals surface area contributed by atoms with Gasteiger partial charge in [0.05, 0.1) is 0 Å². The Morgan fingerprint density at radius 1 is 1.64 bits per heavy atom. The van der Waals surface area contributed by atoms with Gasteiger partial charge in [0.25, 0.3) is 0 Å². The highest BCUT2D eigenvalue weighted by Gasteiger charge is 1.92. The van der Waals surface area contributed by atoms with Crippen molar-refractivity contribution in [1.29, 1.82) is 0 Å². The minimum atomic E-state index is 0.610. The van der Waals surface area contributed by atoms with E-state index in [1.54, 1.807) is 6.20 Å². The molecule has 1 heterocycles. The van der Waals surface area contributed by atoms with E-state index in [2.05, 4.69) is 11.9 Å². The van der Waals surface area contributed by atoms with Crippen LogP contribution in [0.3, 0.4) is 0 Å². The molecule has 0 aliphatic rings. The van der Waals surface area contributed by atoms with E-state index in [9.17, 15) is 0 Å². The van der Waals surface area contributed by atoms with Crippen LogP contribution in [0.4, 0.5) is 5.82 Å². The van der Waals surface area contributed by atoms with Crippen molar-refractivity contribution >= 4 is 17.6 Å². The van der Waals surface area contributed by atoms with Crippen molar-refractivity contribution in [1.82, 2.24) is 4.98 Å². The van der Waals surface area contributed by atoms with Crippen LogP contribution in [-0.2, 0) is 5.75 Å². The van der Waals surface area contributed by atoms with Gasteiger partial charge in [0.1, 0.15) is 5.82 Å². The molecule has 0 unspecified atom stereocenters. The van der Waals surface area contributed by atoms with E-state index >= 15 is 0 Å². The zero-order chi connectivity index (χ0) is 8.10. The Balaban J connectivity index is 2.56. The first kappa shape index (κ1) is 8.40. The number of nitrogens with zero attached hydrogens (tertiary/aromatic N) is 1. The molecule has 0 aromatic carbocycles. The molecule has 0 spiro atoms. The van der Waals surface area contributed by atoms with Gasteiger partial charge in [0.15, 0.2) is 0 Å². The average Bonchev–Trinajstić information content (AvgIpc) is 2.01. The van der Waals surface area contributed by atoms with Crippen LogP contribution in [0.25, 0.3) is 0 Å². The van der Waals surface area contributed by atoms with Crippen LogP contribution in [0.2, 0.25) is 0 Å². The highest BCUT2D eigenvalue weighted by molar-refractivity contribution is 7.98. The molecule has 1 aromatic heterocycles. The molecule has 0 amide bonds. The number of hydrogen-bond acceptors (Lipinski definition) is 3. The van der Waals surface area contributed by atoms with Crippen LogP contribution in [0.1, 0.15) is 12.5 Å². The normalized spacial score (nSPS) is 9.91. The summed E-state index contributed by atoms with van der Waals surface area (Å²) in [6.45, 7) is 2.15. The van der Waals surface area contributed by atoms with Crippen LogP contribution in [-0.4, -0.2) is 10.7 Å². The summed E-state index contributed by atoms with van der Waals surface area (Å²) in [7, 11) is 0. The monoisotopic (exact) mass is 168 g/mol. The second kappa shape index (κ2) is 4.23. The fraction of sp³-hybridized carbons (Fsp3) is 0.375. The van der Waals surface area contributed by atoms with Crippen molar-refractivity contribution in [3.63, 3.8) is 0 Å². The third-order valence-electron chi connectivity index (χ3n) is 1.32. The summed E-state index contributed by atoms with van der Waals surface area (Å²) in [6, 6.07) is 3.92. The fourth-order valence-electron chi connectivity index (χ4n) is 0.804. The quantitative estimate of drug-likeness (QED) is 0.749. The first-order valence-electron chi connectivity index (χ1n) is 3.61. The molecule has 0 bridgehead atoms. The first-order chi connectivity index (χ1) is 5.33. The number of nitrogen functional groups attached to an aromatic ring is 1. The molecule has 0 aliphatic heterocycles. The smallest absolute Gasteiger partial charge is 0.123 e. The third-order valence-corrected chi connectivity index (χ3v) is 2.26. The lowest BCUT2D eigenvalue weighted by atomic mass is 10.3. The van der Waals surface area contributed by atoms with Gasteiger partial charge in [-0.25, -0.2) is 4.98 Å². The van der Waals surface area contributed by atoms with Crippen LogP contribution >= 0.6 is 11.8 Å². The second-order valence-corrected chi connectivity index (χ2v) is 3.50. The van der Waals surface area contributed by atoms with Crippen LogP contribution in [0.5, 0.6) is 0 Å². The number of rotatable bonds is 3. The predicted octanol–water partition coefficient (Wildman–Crippen LogP) is 1.92. The van der Waals surface area contributed by atoms with Crippen LogP contribution in [0, 0.1) is 0 Å². The molecule has 0 saturated heterocycles. The summed E-state index contributed by atoms with van der Waals surface area (Å²) in [5.41, 5.74) is 6.76. The largest absolute Gasteiger partial charge is 0.384 e. The molecule has 0 fully saturated rings. The Morgan fingerprint density at radius 2 is 2.45 bits per heavy atom. The maximum absolute atomic E-state index is 5.51. The summed E-state index contributed by atoms with van der Waals surface area (Å²) < 4.78 is 0. The van der Waals surface area contributed by atoms with Gasteiger partial charge < -0.3 is 5.73 Å². The average molecular weight is 168 g/mol. The Labute approximate surface area is 71.2 Å². The fourth-order valence-corrected chi connectivity index (χ4v) is 1.42. The van der Waals surface area contributed by atoms with Gasteiger partial charge in [-0.3, -0.25) is 0 Å². The molecule has 0 atom stereocenters. The van der Waals surface area contributed by atoms with Crippen molar-refractivity contribution in [2.75, 3.05) is 11.5 Å². The number of anilines is 1. The van der Waals surface area contributed by atoms with Crippen molar-refractivity contribution < 1.29 is 0 Å². The highest BCUT2D eigenvalue weighted by Crippen LogP contribution is 2.12. The molecule has 2 N–H and O–H groups in total. The van der Waals surface area contributed by atoms with Crippen molar-refractivity contribution in [2.24, 2.45) is 0 Å². The summed E-state index contributed by atoms with van der Waals surface area (Å²) in [5, 5.41) is 0. The highest BCUT2D eigenvalue weighted by atomic mass is 32.2. The lowest BCUT2D eigenvalue weighted by molar-refractivity contribution is 1.28. The molecule has 2 nitrogen and oxygen atoms in total. The molecule has 11 heavy (non-hydrogen) atoms. The minimum Gasteiger partial charge on any atom is -0.384 e. The SMILES string of the molecule is CCSCc1ccnc(N)c1. The van der Waals surface area contributed by atoms with Crippen LogP contribution < -0.4 is 5.73 Å². The van der Waals surface area contributed by atoms with Gasteiger partial charge in [-0.1, -0.05) is 6.92 Å². The van der Waals surface area contributed by atoms with Crippen LogP contribution in [0.15, 0.2) is 18.3 Å². The standard InChI is InChI=1S/C8H12N2S/c1-2-11-6-7-3-4-10-8(9)5-7/h3-5H,2,6H2,1H3,(H2,9,10). The lowest BCUT2D eigenvalue weighted by Gasteiger charge is -1.98. The van der Waals surface area contributed by atoms with Gasteiger partial charge >= 0.3 is 0 Å². The number of nitrogens with two attached hydrogens (primary N) is 1. The summed E-state index contributed by atoms with van der Waals surface area (Å²) in [6.07, 6.45) is 1.75. The molecule has 0 saturated carbocycles. The number of pyridine rings is 1. The van der Waals surface area contributed by atoms with E-state index in [0.29, 0.717) is 5.82 Å². The summed E-state index contributed by atoms with van der Waals surface area (Å²) in [4.78, 5) is 3.92. The van der Waals surface area contributed by atoms with Gasteiger partial charge in [-0.15, -0.1) is 0 Å². The summed E-state index contributed by atoms with van der Waals surface area (Å²) >= 11 is 1.89. The predicted molar refractivity (Wildman–Crippen MR) is 50.5 cm³/mol. The molecule has 60 valence electrons. The maximum Gasteiger partial charge on any atom is 0.123 e. The van der Waals surface area contributed by atoms with Crippen molar-refractivity contribution in [3.8, 4) is 0 Å². The molecule has 1 rings (SSSR count). The molecule has 1 aromatic rings. The first-order valence-corrected chi connectivity index (χ1v) is 4.76. The van der Waals surface area contributed by atoms with Gasteiger partial charge in [0, 0.05) is 11.9 Å². The van der Waals surface area contributed by atoms with Gasteiger partial charge in [-0.05, 0) is 23.4 Å². The maximum atomic E-state index is 5.51. The van der Waals surface area contributed by atoms with E-state index in [-0.39, 0.29) is 0 Å². The Kier molecular flexibility index (Phi) is 3.23. The zero-order valence-corrected chi connectivity index (χ0v) is 7.40. The lowest BCUT2D eigenvalue weighted by Crippen LogP contribution is -1.90. The van der Waals surface area contributed by atoms with Crippen molar-refractivity contribution in [3.05, 3.63) is 23.9 Å².